The van der Waals surface area contributed by atoms with Crippen LogP contribution in [0.25, 0.3) is 11.0 Å². The lowest BCUT2D eigenvalue weighted by Gasteiger charge is -2.11. The number of anilines is 1. The van der Waals surface area contributed by atoms with E-state index in [2.05, 4.69) is 5.32 Å². The minimum Gasteiger partial charge on any atom is -0.451 e. The number of rotatable bonds is 5. The van der Waals surface area contributed by atoms with Gasteiger partial charge in [-0.25, -0.2) is 0 Å². The van der Waals surface area contributed by atoms with Crippen LogP contribution in [0.3, 0.4) is 0 Å². The quantitative estimate of drug-likeness (QED) is 0.825. The normalized spacial score (nSPS) is 18.4. The second kappa shape index (κ2) is 5.81. The third-order valence-corrected chi connectivity index (χ3v) is 4.75. The van der Waals surface area contributed by atoms with Gasteiger partial charge in [0.05, 0.1) is 18.8 Å². The first-order valence-corrected chi connectivity index (χ1v) is 8.41. The maximum atomic E-state index is 12.5. The van der Waals surface area contributed by atoms with Crippen molar-refractivity contribution < 1.29 is 18.9 Å². The topological polar surface area (TPSA) is 63.8 Å². The van der Waals surface area contributed by atoms with Crippen LogP contribution < -0.4 is 10.2 Å². The van der Waals surface area contributed by atoms with E-state index in [0.29, 0.717) is 23.6 Å². The molecule has 0 unspecified atom stereocenters. The average molecular weight is 313 g/mol. The van der Waals surface area contributed by atoms with E-state index in [9.17, 15) is 9.59 Å². The molecule has 23 heavy (non-hydrogen) atoms. The van der Waals surface area contributed by atoms with Crippen molar-refractivity contribution in [2.24, 2.45) is 5.92 Å². The molecule has 2 N–H and O–H groups in total. The highest BCUT2D eigenvalue weighted by molar-refractivity contribution is 6.12. The highest BCUT2D eigenvalue weighted by Gasteiger charge is 2.35. The SMILES string of the molecule is O=C(C[NH+]1CCCC1)Nc1c(C(=O)C2CC2)oc2ccccc12. The van der Waals surface area contributed by atoms with Crippen molar-refractivity contribution in [1.82, 2.24) is 0 Å². The number of likely N-dealkylation sites (tertiary alicyclic amines) is 1. The fourth-order valence-electron chi connectivity index (χ4n) is 3.34. The number of Topliss-reactive ketones (excluding diaryl/α,β-unsaturated/α-hetero) is 1. The molecule has 120 valence electrons. The first-order chi connectivity index (χ1) is 11.2. The molecule has 2 aromatic rings. The van der Waals surface area contributed by atoms with Crippen molar-refractivity contribution in [2.75, 3.05) is 25.0 Å². The highest BCUT2D eigenvalue weighted by atomic mass is 16.3. The molecular formula is C18H21N2O3+. The van der Waals surface area contributed by atoms with Crippen molar-refractivity contribution in [3.05, 3.63) is 30.0 Å². The van der Waals surface area contributed by atoms with Gasteiger partial charge in [0.1, 0.15) is 5.58 Å². The fraction of sp³-hybridized carbons (Fsp3) is 0.444. The molecule has 2 heterocycles. The first-order valence-electron chi connectivity index (χ1n) is 8.41. The summed E-state index contributed by atoms with van der Waals surface area (Å²) in [6.45, 7) is 2.55. The van der Waals surface area contributed by atoms with Crippen molar-refractivity contribution >= 4 is 28.3 Å². The van der Waals surface area contributed by atoms with Crippen LogP contribution in [0.4, 0.5) is 5.69 Å². The van der Waals surface area contributed by atoms with Crippen molar-refractivity contribution in [3.8, 4) is 0 Å². The second-order valence-corrected chi connectivity index (χ2v) is 6.62. The minimum atomic E-state index is -0.0432. The van der Waals surface area contributed by atoms with Gasteiger partial charge in [0.25, 0.3) is 5.91 Å². The molecule has 5 nitrogen and oxygen atoms in total. The van der Waals surface area contributed by atoms with E-state index < -0.39 is 0 Å². The van der Waals surface area contributed by atoms with Crippen LogP contribution in [0.5, 0.6) is 0 Å². The van der Waals surface area contributed by atoms with E-state index in [1.807, 2.05) is 24.3 Å². The number of hydrogen-bond donors (Lipinski definition) is 2. The summed E-state index contributed by atoms with van der Waals surface area (Å²) in [6, 6.07) is 7.49. The Morgan fingerprint density at radius 3 is 2.65 bits per heavy atom. The number of para-hydroxylation sites is 1. The number of carbonyl (C=O) groups excluding carboxylic acids is 2. The number of fused-ring (bicyclic) bond motifs is 1. The Balaban J connectivity index is 1.62. The second-order valence-electron chi connectivity index (χ2n) is 6.62. The lowest BCUT2D eigenvalue weighted by molar-refractivity contribution is -0.878. The standard InChI is InChI=1S/C18H20N2O3/c21-15(11-20-9-3-4-10-20)19-16-13-5-1-2-6-14(13)23-18(16)17(22)12-7-8-12/h1-2,5-6,12H,3-4,7-11H2,(H,19,21)/p+1. The van der Waals surface area contributed by atoms with Crippen LogP contribution in [0.2, 0.25) is 0 Å². The fourth-order valence-corrected chi connectivity index (χ4v) is 3.34. The van der Waals surface area contributed by atoms with Gasteiger partial charge in [0, 0.05) is 24.1 Å². The summed E-state index contributed by atoms with van der Waals surface area (Å²) in [5, 5.41) is 3.76. The Hall–Kier alpha value is -2.14. The van der Waals surface area contributed by atoms with Gasteiger partial charge >= 0.3 is 0 Å². The molecule has 1 aromatic carbocycles. The largest absolute Gasteiger partial charge is 0.451 e. The van der Waals surface area contributed by atoms with Gasteiger partial charge in [-0.15, -0.1) is 0 Å². The average Bonchev–Trinajstić information content (AvgIpc) is 3.17. The van der Waals surface area contributed by atoms with E-state index in [1.165, 1.54) is 17.7 Å². The molecule has 1 saturated carbocycles. The molecule has 0 spiro atoms. The van der Waals surface area contributed by atoms with Gasteiger partial charge in [-0.3, -0.25) is 9.59 Å². The van der Waals surface area contributed by atoms with E-state index >= 15 is 0 Å². The summed E-state index contributed by atoms with van der Waals surface area (Å²) in [5.74, 6) is 0.359. The van der Waals surface area contributed by atoms with Crippen LogP contribution in [0.1, 0.15) is 36.2 Å². The molecule has 1 aromatic heterocycles. The predicted molar refractivity (Wildman–Crippen MR) is 86.7 cm³/mol. The zero-order chi connectivity index (χ0) is 15.8. The zero-order valence-corrected chi connectivity index (χ0v) is 13.1. The monoisotopic (exact) mass is 313 g/mol. The number of quaternary nitrogens is 1. The van der Waals surface area contributed by atoms with Gasteiger partial charge in [0.2, 0.25) is 5.78 Å². The number of benzene rings is 1. The van der Waals surface area contributed by atoms with Gasteiger partial charge in [-0.05, 0) is 25.0 Å². The number of ketones is 1. The van der Waals surface area contributed by atoms with Crippen LogP contribution >= 0.6 is 0 Å². The molecular weight excluding hydrogens is 292 g/mol. The summed E-state index contributed by atoms with van der Waals surface area (Å²) < 4.78 is 5.76. The molecule has 0 bridgehead atoms. The Morgan fingerprint density at radius 2 is 1.91 bits per heavy atom. The maximum Gasteiger partial charge on any atom is 0.279 e. The summed E-state index contributed by atoms with van der Waals surface area (Å²) in [4.78, 5) is 26.2. The summed E-state index contributed by atoms with van der Waals surface area (Å²) in [6.07, 6.45) is 4.20. The van der Waals surface area contributed by atoms with Crippen molar-refractivity contribution in [3.63, 3.8) is 0 Å². The first kappa shape index (κ1) is 14.5. The lowest BCUT2D eigenvalue weighted by Crippen LogP contribution is -3.11. The van der Waals surface area contributed by atoms with Crippen LogP contribution in [-0.4, -0.2) is 31.3 Å². The number of nitrogens with one attached hydrogen (secondary N) is 2. The van der Waals surface area contributed by atoms with Gasteiger partial charge < -0.3 is 14.6 Å². The van der Waals surface area contributed by atoms with Gasteiger partial charge in [-0.2, -0.15) is 0 Å². The number of carbonyl (C=O) groups is 2. The maximum absolute atomic E-state index is 12.5. The Morgan fingerprint density at radius 1 is 1.17 bits per heavy atom. The van der Waals surface area contributed by atoms with E-state index in [4.69, 9.17) is 4.42 Å². The van der Waals surface area contributed by atoms with Crippen molar-refractivity contribution in [2.45, 2.75) is 25.7 Å². The third kappa shape index (κ3) is 2.88. The molecule has 1 aliphatic carbocycles. The van der Waals surface area contributed by atoms with E-state index in [1.54, 1.807) is 0 Å². The summed E-state index contributed by atoms with van der Waals surface area (Å²) >= 11 is 0. The summed E-state index contributed by atoms with van der Waals surface area (Å²) in [5.41, 5.74) is 1.21. The molecule has 1 amide bonds. The van der Waals surface area contributed by atoms with Gasteiger partial charge in [-0.1, -0.05) is 12.1 Å². The Kier molecular flexibility index (Phi) is 3.65. The molecule has 1 saturated heterocycles. The van der Waals surface area contributed by atoms with Crippen molar-refractivity contribution in [1.29, 1.82) is 0 Å². The lowest BCUT2D eigenvalue weighted by atomic mass is 10.1. The van der Waals surface area contributed by atoms with E-state index in [-0.39, 0.29) is 17.6 Å². The molecule has 2 aliphatic rings. The van der Waals surface area contributed by atoms with Crippen LogP contribution in [0.15, 0.2) is 28.7 Å². The van der Waals surface area contributed by atoms with Crippen LogP contribution in [0, 0.1) is 5.92 Å². The molecule has 0 atom stereocenters. The Labute approximate surface area is 134 Å². The third-order valence-electron chi connectivity index (χ3n) is 4.75. The Bertz CT molecular complexity index is 755. The minimum absolute atomic E-state index is 0.0185. The molecule has 2 fully saturated rings. The number of amides is 1. The molecule has 4 rings (SSSR count). The molecule has 1 aliphatic heterocycles. The van der Waals surface area contributed by atoms with E-state index in [0.717, 1.165) is 31.3 Å². The van der Waals surface area contributed by atoms with Crippen LogP contribution in [-0.2, 0) is 4.79 Å². The summed E-state index contributed by atoms with van der Waals surface area (Å²) in [7, 11) is 0. The predicted octanol–water partition coefficient (Wildman–Crippen LogP) is 1.64. The smallest absolute Gasteiger partial charge is 0.279 e. The highest BCUT2D eigenvalue weighted by Crippen LogP contribution is 2.38. The number of furan rings is 1. The number of hydrogen-bond acceptors (Lipinski definition) is 3. The molecule has 5 heteroatoms. The zero-order valence-electron chi connectivity index (χ0n) is 13.1. The molecule has 0 radical (unpaired) electrons. The van der Waals surface area contributed by atoms with Gasteiger partial charge in [0.15, 0.2) is 12.3 Å².